The molecule has 1 aromatic rings. The average Bonchev–Trinajstić information content (AvgIpc) is 2.62. The number of hydrogen-bond donors (Lipinski definition) is 1. The Morgan fingerprint density at radius 2 is 2.12 bits per heavy atom. The molecular weight excluding hydrogens is 306 g/mol. The van der Waals surface area contributed by atoms with Gasteiger partial charge in [-0.2, -0.15) is 0 Å². The lowest BCUT2D eigenvalue weighted by Gasteiger charge is -2.37. The maximum Gasteiger partial charge on any atom is 0.256 e. The van der Waals surface area contributed by atoms with E-state index in [2.05, 4.69) is 27.4 Å². The number of aromatic nitrogens is 2. The lowest BCUT2D eigenvalue weighted by molar-refractivity contribution is 0.0672. The van der Waals surface area contributed by atoms with Gasteiger partial charge in [-0.05, 0) is 26.2 Å². The minimum Gasteiger partial charge on any atom is -0.378 e. The van der Waals surface area contributed by atoms with E-state index in [0.717, 1.165) is 44.0 Å². The largest absolute Gasteiger partial charge is 0.378 e. The molecule has 2 aliphatic heterocycles. The van der Waals surface area contributed by atoms with Crippen molar-refractivity contribution in [1.82, 2.24) is 14.5 Å². The number of aliphatic imine (C=N–C) groups is 1. The lowest BCUT2D eigenvalue weighted by atomic mass is 9.91. The number of allylic oxidation sites excluding steroid dienone is 2. The number of guanidine groups is 1. The fourth-order valence-corrected chi connectivity index (χ4v) is 3.60. The van der Waals surface area contributed by atoms with Crippen LogP contribution in [0.4, 0.5) is 5.95 Å². The van der Waals surface area contributed by atoms with Crippen LogP contribution in [0.25, 0.3) is 0 Å². The minimum atomic E-state index is -0.190. The molecule has 1 aliphatic carbocycles. The Balaban J connectivity index is 1.74. The van der Waals surface area contributed by atoms with Gasteiger partial charge >= 0.3 is 0 Å². The number of aryl methyl sites for hydroxylation is 1. The van der Waals surface area contributed by atoms with Gasteiger partial charge < -0.3 is 9.64 Å². The van der Waals surface area contributed by atoms with Crippen LogP contribution in [0.1, 0.15) is 31.1 Å². The molecule has 1 N–H and O–H groups in total. The highest BCUT2D eigenvalue weighted by Crippen LogP contribution is 2.33. The van der Waals surface area contributed by atoms with Gasteiger partial charge in [-0.15, -0.1) is 0 Å². The molecule has 0 bridgehead atoms. The Hall–Kier alpha value is -2.15. The standard InChI is InChI=1S/C17H23N5O2/c1-12-11-14(23)22-15(13-5-3-2-4-6-13)19-16(20-17(22)18-12)21-7-9-24-10-8-21/h2-3,11,13,15H,4-10H2,1H3,(H,18,19,20). The van der Waals surface area contributed by atoms with E-state index in [1.165, 1.54) is 0 Å². The van der Waals surface area contributed by atoms with E-state index in [4.69, 9.17) is 9.73 Å². The number of anilines is 1. The highest BCUT2D eigenvalue weighted by Gasteiger charge is 2.32. The van der Waals surface area contributed by atoms with Gasteiger partial charge in [0.15, 0.2) is 0 Å². The van der Waals surface area contributed by atoms with Gasteiger partial charge in [0, 0.05) is 30.8 Å². The molecule has 24 heavy (non-hydrogen) atoms. The van der Waals surface area contributed by atoms with Gasteiger partial charge in [-0.1, -0.05) is 12.2 Å². The van der Waals surface area contributed by atoms with E-state index in [1.807, 2.05) is 6.92 Å². The normalized spacial score (nSPS) is 26.5. The maximum absolute atomic E-state index is 12.6. The highest BCUT2D eigenvalue weighted by molar-refractivity contribution is 5.93. The van der Waals surface area contributed by atoms with Crippen molar-refractivity contribution in [3.63, 3.8) is 0 Å². The summed E-state index contributed by atoms with van der Waals surface area (Å²) in [5.74, 6) is 1.75. The van der Waals surface area contributed by atoms with Crippen molar-refractivity contribution >= 4 is 11.9 Å². The molecule has 4 rings (SSSR count). The predicted molar refractivity (Wildman–Crippen MR) is 92.2 cm³/mol. The van der Waals surface area contributed by atoms with Crippen molar-refractivity contribution in [2.24, 2.45) is 10.9 Å². The molecular formula is C17H23N5O2. The van der Waals surface area contributed by atoms with Gasteiger partial charge in [0.1, 0.15) is 6.17 Å². The Labute approximate surface area is 141 Å². The van der Waals surface area contributed by atoms with Crippen LogP contribution in [0.5, 0.6) is 0 Å². The van der Waals surface area contributed by atoms with E-state index < -0.39 is 0 Å². The first-order valence-corrected chi connectivity index (χ1v) is 8.65. The molecule has 0 aromatic carbocycles. The number of fused-ring (bicyclic) bond motifs is 1. The van der Waals surface area contributed by atoms with Crippen molar-refractivity contribution < 1.29 is 4.74 Å². The van der Waals surface area contributed by atoms with E-state index in [9.17, 15) is 4.79 Å². The smallest absolute Gasteiger partial charge is 0.256 e. The Bertz CT molecular complexity index is 733. The second-order valence-corrected chi connectivity index (χ2v) is 6.56. The van der Waals surface area contributed by atoms with Crippen LogP contribution in [0.3, 0.4) is 0 Å². The number of nitrogens with one attached hydrogen (secondary N) is 1. The highest BCUT2D eigenvalue weighted by atomic mass is 16.5. The fourth-order valence-electron chi connectivity index (χ4n) is 3.60. The topological polar surface area (TPSA) is 71.8 Å². The third kappa shape index (κ3) is 2.84. The molecule has 128 valence electrons. The van der Waals surface area contributed by atoms with Crippen LogP contribution in [0.2, 0.25) is 0 Å². The zero-order chi connectivity index (χ0) is 16.5. The molecule has 0 amide bonds. The average molecular weight is 329 g/mol. The molecule has 0 radical (unpaired) electrons. The third-order valence-corrected chi connectivity index (χ3v) is 4.86. The quantitative estimate of drug-likeness (QED) is 0.791. The fraction of sp³-hybridized carbons (Fsp3) is 0.588. The van der Waals surface area contributed by atoms with Gasteiger partial charge in [-0.25, -0.2) is 9.98 Å². The molecule has 1 fully saturated rings. The number of morpholine rings is 1. The molecule has 0 saturated carbocycles. The van der Waals surface area contributed by atoms with Crippen molar-refractivity contribution in [3.05, 3.63) is 34.3 Å². The molecule has 1 aromatic heterocycles. The van der Waals surface area contributed by atoms with Crippen molar-refractivity contribution in [2.75, 3.05) is 31.6 Å². The first-order valence-electron chi connectivity index (χ1n) is 8.65. The minimum absolute atomic E-state index is 0.0330. The van der Waals surface area contributed by atoms with Crippen LogP contribution >= 0.6 is 0 Å². The second kappa shape index (κ2) is 6.39. The summed E-state index contributed by atoms with van der Waals surface area (Å²) >= 11 is 0. The molecule has 2 atom stereocenters. The number of nitrogens with zero attached hydrogens (tertiary/aromatic N) is 4. The monoisotopic (exact) mass is 329 g/mol. The van der Waals surface area contributed by atoms with Gasteiger partial charge in [0.05, 0.1) is 13.2 Å². The summed E-state index contributed by atoms with van der Waals surface area (Å²) in [4.78, 5) is 24.3. The van der Waals surface area contributed by atoms with Gasteiger partial charge in [0.2, 0.25) is 11.9 Å². The Kier molecular flexibility index (Phi) is 4.10. The maximum atomic E-state index is 12.6. The SMILES string of the molecule is Cc1cc(=O)n2c(n1)NC(N1CCOCC1)=NC2C1CC=CCC1. The van der Waals surface area contributed by atoms with E-state index in [1.54, 1.807) is 10.6 Å². The second-order valence-electron chi connectivity index (χ2n) is 6.56. The lowest BCUT2D eigenvalue weighted by Crippen LogP contribution is -2.48. The predicted octanol–water partition coefficient (Wildman–Crippen LogP) is 1.52. The van der Waals surface area contributed by atoms with Gasteiger partial charge in [0.25, 0.3) is 5.56 Å². The van der Waals surface area contributed by atoms with Crippen LogP contribution in [0.15, 0.2) is 28.0 Å². The van der Waals surface area contributed by atoms with E-state index in [0.29, 0.717) is 25.1 Å². The van der Waals surface area contributed by atoms with E-state index >= 15 is 0 Å². The zero-order valence-electron chi connectivity index (χ0n) is 13.9. The summed E-state index contributed by atoms with van der Waals surface area (Å²) < 4.78 is 7.16. The molecule has 1 saturated heterocycles. The summed E-state index contributed by atoms with van der Waals surface area (Å²) in [6, 6.07) is 1.59. The Morgan fingerprint density at radius 1 is 1.29 bits per heavy atom. The molecule has 7 heteroatoms. The summed E-state index contributed by atoms with van der Waals surface area (Å²) in [7, 11) is 0. The molecule has 2 unspecified atom stereocenters. The number of rotatable bonds is 1. The van der Waals surface area contributed by atoms with Crippen LogP contribution in [0, 0.1) is 12.8 Å². The summed E-state index contributed by atoms with van der Waals surface area (Å²) in [6.07, 6.45) is 7.25. The first-order chi connectivity index (χ1) is 11.7. The molecule has 3 aliphatic rings. The summed E-state index contributed by atoms with van der Waals surface area (Å²) in [5, 5.41) is 3.27. The first kappa shape index (κ1) is 15.4. The van der Waals surface area contributed by atoms with Crippen LogP contribution in [-0.4, -0.2) is 46.7 Å². The molecule has 0 spiro atoms. The van der Waals surface area contributed by atoms with Crippen molar-refractivity contribution in [3.8, 4) is 0 Å². The van der Waals surface area contributed by atoms with Crippen molar-refractivity contribution in [1.29, 1.82) is 0 Å². The summed E-state index contributed by atoms with van der Waals surface area (Å²) in [6.45, 7) is 4.86. The summed E-state index contributed by atoms with van der Waals surface area (Å²) in [5.41, 5.74) is 0.693. The number of ether oxygens (including phenoxy) is 1. The third-order valence-electron chi connectivity index (χ3n) is 4.86. The van der Waals surface area contributed by atoms with Crippen LogP contribution < -0.4 is 10.9 Å². The number of hydrogen-bond acceptors (Lipinski definition) is 6. The zero-order valence-corrected chi connectivity index (χ0v) is 13.9. The Morgan fingerprint density at radius 3 is 2.88 bits per heavy atom. The van der Waals surface area contributed by atoms with Crippen molar-refractivity contribution in [2.45, 2.75) is 32.4 Å². The molecule has 7 nitrogen and oxygen atoms in total. The molecule has 3 heterocycles. The van der Waals surface area contributed by atoms with E-state index in [-0.39, 0.29) is 11.7 Å². The van der Waals surface area contributed by atoms with Crippen LogP contribution in [-0.2, 0) is 4.74 Å². The van der Waals surface area contributed by atoms with Gasteiger partial charge in [-0.3, -0.25) is 14.7 Å².